The molecular formula is C82H122N2NiO8. The molecule has 4 N–H and O–H groups in total. The van der Waals surface area contributed by atoms with Crippen LogP contribution < -0.4 is 10.2 Å². The summed E-state index contributed by atoms with van der Waals surface area (Å²) in [5.41, 5.74) is 7.23. The molecular weight excluding hydrogens is 1200 g/mol. The van der Waals surface area contributed by atoms with Gasteiger partial charge in [0.05, 0.1) is 33.9 Å². The maximum Gasteiger partial charge on any atom is 2.00 e. The predicted molar refractivity (Wildman–Crippen MR) is 385 cm³/mol. The van der Waals surface area contributed by atoms with Gasteiger partial charge in [-0.2, -0.15) is 0 Å². The Morgan fingerprint density at radius 3 is 0.892 bits per heavy atom. The molecule has 4 aromatic rings. The number of rotatable bonds is 47. The summed E-state index contributed by atoms with van der Waals surface area (Å²) in [6, 6.07) is 22.8. The predicted octanol–water partition coefficient (Wildman–Crippen LogP) is 23.0. The SMILES string of the molecule is CCCCCCCCCCCCCCCCCC#CCCCc1ccccc1N=C(CCCC)C(CCCC)=Nc1ccccc1CCCC#CCCCCCCCCCCCCCCCCC.Cc1ccc(O)c([O-])c1C(=O)O.Cc1ccc(O)c([O-])c1C(=O)O.[Ni+2]. The van der Waals surface area contributed by atoms with Gasteiger partial charge in [-0.15, -0.1) is 23.7 Å². The van der Waals surface area contributed by atoms with Crippen LogP contribution in [0.15, 0.2) is 82.8 Å². The average Bonchev–Trinajstić information content (AvgIpc) is 1.04. The maximum absolute atomic E-state index is 11.0. The Bertz CT molecular complexity index is 2610. The van der Waals surface area contributed by atoms with E-state index in [2.05, 4.69) is 99.9 Å². The van der Waals surface area contributed by atoms with Crippen LogP contribution in [0.1, 0.15) is 340 Å². The van der Waals surface area contributed by atoms with Crippen molar-refractivity contribution in [1.82, 2.24) is 0 Å². The van der Waals surface area contributed by atoms with Crippen LogP contribution >= 0.6 is 0 Å². The molecule has 0 aliphatic heterocycles. The molecule has 0 aromatic heterocycles. The van der Waals surface area contributed by atoms with E-state index in [0.717, 1.165) is 101 Å². The number of phenolic OH excluding ortho intramolecular Hbond substituents is 2. The molecule has 0 saturated heterocycles. The first-order chi connectivity index (χ1) is 44.8. The van der Waals surface area contributed by atoms with Crippen LogP contribution in [0, 0.1) is 37.5 Å². The summed E-state index contributed by atoms with van der Waals surface area (Å²) in [5.74, 6) is 8.65. The molecule has 0 spiro atoms. The fraction of sp³-hybridized carbons (Fsp3) is 0.610. The first-order valence-corrected chi connectivity index (χ1v) is 36.5. The monoisotopic (exact) mass is 1320 g/mol. The number of hydrogen-bond acceptors (Lipinski definition) is 8. The number of phenols is 2. The van der Waals surface area contributed by atoms with Gasteiger partial charge in [0, 0.05) is 25.7 Å². The van der Waals surface area contributed by atoms with Crippen LogP contribution in [-0.4, -0.2) is 43.8 Å². The Labute approximate surface area is 575 Å². The number of aliphatic imine (C=N–C) groups is 2. The van der Waals surface area contributed by atoms with Crippen molar-refractivity contribution in [2.24, 2.45) is 9.98 Å². The summed E-state index contributed by atoms with van der Waals surface area (Å²) >= 11 is 0. The third-order valence-corrected chi connectivity index (χ3v) is 17.0. The summed E-state index contributed by atoms with van der Waals surface area (Å²) in [6.45, 7) is 12.2. The minimum Gasteiger partial charge on any atom is -0.869 e. The van der Waals surface area contributed by atoms with Crippen LogP contribution in [0.3, 0.4) is 0 Å². The summed E-state index contributed by atoms with van der Waals surface area (Å²) in [6.07, 6.45) is 57.0. The Morgan fingerprint density at radius 1 is 0.366 bits per heavy atom. The quantitative estimate of drug-likeness (QED) is 0.0146. The fourth-order valence-corrected chi connectivity index (χ4v) is 11.3. The Morgan fingerprint density at radius 2 is 0.624 bits per heavy atom. The van der Waals surface area contributed by atoms with E-state index in [9.17, 15) is 19.8 Å². The Kier molecular flexibility index (Phi) is 52.5. The van der Waals surface area contributed by atoms with Crippen molar-refractivity contribution in [2.45, 2.75) is 324 Å². The molecule has 0 aliphatic carbocycles. The smallest absolute Gasteiger partial charge is 0.869 e. The van der Waals surface area contributed by atoms with Crippen molar-refractivity contribution in [1.29, 1.82) is 0 Å². The molecule has 4 aromatic carbocycles. The summed E-state index contributed by atoms with van der Waals surface area (Å²) < 4.78 is 0. The number of carbonyl (C=O) groups is 2. The van der Waals surface area contributed by atoms with Crippen LogP contribution in [0.2, 0.25) is 0 Å². The number of nitrogens with zero attached hydrogens (tertiary/aromatic N) is 2. The topological polar surface area (TPSA) is 186 Å². The average molecular weight is 1320 g/mol. The summed E-state index contributed by atoms with van der Waals surface area (Å²) in [7, 11) is 0. The van der Waals surface area contributed by atoms with Crippen molar-refractivity contribution in [2.75, 3.05) is 0 Å². The third-order valence-electron chi connectivity index (χ3n) is 17.0. The van der Waals surface area contributed by atoms with E-state index < -0.39 is 34.9 Å². The van der Waals surface area contributed by atoms with Gasteiger partial charge in [0.1, 0.15) is 11.5 Å². The van der Waals surface area contributed by atoms with E-state index in [0.29, 0.717) is 11.1 Å². The number of para-hydroxylation sites is 2. The maximum atomic E-state index is 11.0. The number of carboxylic acid groups (broad SMARTS) is 2. The molecule has 0 atom stereocenters. The Balaban J connectivity index is 0.00000142. The van der Waals surface area contributed by atoms with Gasteiger partial charge in [-0.1, -0.05) is 280 Å². The molecule has 10 nitrogen and oxygen atoms in total. The molecule has 0 saturated carbocycles. The van der Waals surface area contributed by atoms with Gasteiger partial charge in [-0.05, 0) is 125 Å². The summed E-state index contributed by atoms with van der Waals surface area (Å²) in [5, 5.41) is 56.9. The van der Waals surface area contributed by atoms with Gasteiger partial charge in [-0.3, -0.25) is 9.98 Å². The Hall–Kier alpha value is -6.03. The second-order valence-electron chi connectivity index (χ2n) is 25.2. The minimum atomic E-state index is -1.31. The standard InChI is InChI=1S/C66H108N2.2C8H8O4.Ni/c1-5-9-13-15-17-19-21-23-25-27-29-31-33-35-37-39-41-43-45-47-53-61-55-49-51-59-63(61)67-65(57-11-7-3)66(58-12-8-4)68-64-60-52-50-56-62(64)54-48-46-44-42-40-38-36-34-32-30-28-26-24-22-20-18-16-14-10-6-2;2*1-4-2-3-5(9)7(10)6(4)8(11)12;/h49-52,55-56,59-60H,5-40,45-48,53-54,57-58H2,1-4H3;2*2-3,9-10H,1H3,(H,11,12);/q;;;+2/p-2. The summed E-state index contributed by atoms with van der Waals surface area (Å²) in [4.78, 5) is 31.9. The van der Waals surface area contributed by atoms with Crippen molar-refractivity contribution in [3.8, 4) is 46.7 Å². The first kappa shape index (κ1) is 85.0. The van der Waals surface area contributed by atoms with Crippen molar-refractivity contribution in [3.63, 3.8) is 0 Å². The molecule has 0 radical (unpaired) electrons. The molecule has 0 heterocycles. The number of hydrogen-bond donors (Lipinski definition) is 4. The van der Waals surface area contributed by atoms with Gasteiger partial charge in [0.25, 0.3) is 0 Å². The number of carboxylic acids is 2. The number of aromatic carboxylic acids is 2. The van der Waals surface area contributed by atoms with E-state index in [-0.39, 0.29) is 27.6 Å². The van der Waals surface area contributed by atoms with E-state index in [1.165, 1.54) is 253 Å². The number of unbranched alkanes of at least 4 members (excludes halogenated alkanes) is 34. The van der Waals surface area contributed by atoms with E-state index >= 15 is 0 Å². The minimum absolute atomic E-state index is 0. The number of aryl methyl sites for hydroxylation is 4. The van der Waals surface area contributed by atoms with Gasteiger partial charge >= 0.3 is 28.4 Å². The molecule has 93 heavy (non-hydrogen) atoms. The normalized spacial score (nSPS) is 11.1. The molecule has 11 heteroatoms. The van der Waals surface area contributed by atoms with Crippen LogP contribution in [0.4, 0.5) is 11.4 Å². The molecule has 4 rings (SSSR count). The van der Waals surface area contributed by atoms with Crippen molar-refractivity contribution < 1.29 is 56.7 Å². The largest absolute Gasteiger partial charge is 2.00 e. The molecule has 518 valence electrons. The molecule has 0 unspecified atom stereocenters. The molecule has 0 aliphatic rings. The van der Waals surface area contributed by atoms with Crippen molar-refractivity contribution in [3.05, 3.63) is 106 Å². The van der Waals surface area contributed by atoms with Gasteiger partial charge in [0.15, 0.2) is 0 Å². The van der Waals surface area contributed by atoms with Gasteiger partial charge in [-0.25, -0.2) is 9.59 Å². The van der Waals surface area contributed by atoms with Crippen LogP contribution in [0.5, 0.6) is 23.0 Å². The van der Waals surface area contributed by atoms with Crippen LogP contribution in [-0.2, 0) is 29.3 Å². The van der Waals surface area contributed by atoms with Gasteiger partial charge in [0.2, 0.25) is 0 Å². The van der Waals surface area contributed by atoms with E-state index in [1.807, 2.05) is 0 Å². The first-order valence-electron chi connectivity index (χ1n) is 36.5. The fourth-order valence-electron chi connectivity index (χ4n) is 11.3. The third kappa shape index (κ3) is 40.7. The zero-order chi connectivity index (χ0) is 67.1. The van der Waals surface area contributed by atoms with E-state index in [4.69, 9.17) is 30.4 Å². The van der Waals surface area contributed by atoms with Crippen molar-refractivity contribution >= 4 is 34.7 Å². The van der Waals surface area contributed by atoms with Crippen LogP contribution in [0.25, 0.3) is 0 Å². The second kappa shape index (κ2) is 57.4. The molecule has 0 bridgehead atoms. The molecule has 0 amide bonds. The zero-order valence-corrected chi connectivity index (χ0v) is 59.7. The number of benzene rings is 4. The molecule has 0 fully saturated rings. The number of aromatic hydroxyl groups is 2. The van der Waals surface area contributed by atoms with E-state index in [1.54, 1.807) is 0 Å². The van der Waals surface area contributed by atoms with Gasteiger partial charge < -0.3 is 30.6 Å². The zero-order valence-electron chi connectivity index (χ0n) is 58.7. The second-order valence-corrected chi connectivity index (χ2v) is 25.2.